The van der Waals surface area contributed by atoms with Crippen LogP contribution in [0.3, 0.4) is 0 Å². The van der Waals surface area contributed by atoms with Crippen LogP contribution in [0.2, 0.25) is 0 Å². The topological polar surface area (TPSA) is 46.1 Å². The minimum absolute atomic E-state index is 0.0552. The molecule has 0 aromatic heterocycles. The summed E-state index contributed by atoms with van der Waals surface area (Å²) >= 11 is 6.54. The summed E-state index contributed by atoms with van der Waals surface area (Å²) in [5, 5.41) is 13.1. The number of fused-ring (bicyclic) bond motifs is 1. The summed E-state index contributed by atoms with van der Waals surface area (Å²) in [5.74, 6) is 1.23. The number of hydrogen-bond acceptors (Lipinski definition) is 2. The van der Waals surface area contributed by atoms with Crippen LogP contribution >= 0.6 is 11.6 Å². The van der Waals surface area contributed by atoms with E-state index in [1.165, 1.54) is 5.57 Å². The summed E-state index contributed by atoms with van der Waals surface area (Å²) in [6.07, 6.45) is 5.96. The van der Waals surface area contributed by atoms with Crippen molar-refractivity contribution in [2.75, 3.05) is 0 Å². The Kier molecular flexibility index (Phi) is 5.12. The van der Waals surface area contributed by atoms with E-state index in [2.05, 4.69) is 34.4 Å². The van der Waals surface area contributed by atoms with E-state index < -0.39 is 5.60 Å². The Bertz CT molecular complexity index is 532. The number of alkyl halides is 1. The lowest BCUT2D eigenvalue weighted by Gasteiger charge is -2.58. The Balaban J connectivity index is 1.95. The Morgan fingerprint density at radius 3 is 2.48 bits per heavy atom. The maximum absolute atomic E-state index is 11.0. The summed E-state index contributed by atoms with van der Waals surface area (Å²) in [7, 11) is 4.09. The van der Waals surface area contributed by atoms with Crippen molar-refractivity contribution in [3.8, 4) is 0 Å². The summed E-state index contributed by atoms with van der Waals surface area (Å²) in [6.45, 7) is 12.9. The van der Waals surface area contributed by atoms with Crippen molar-refractivity contribution < 1.29 is 15.2 Å². The fourth-order valence-corrected chi connectivity index (χ4v) is 6.21. The minimum Gasteiger partial charge on any atom is -0.474 e. The van der Waals surface area contributed by atoms with Crippen LogP contribution in [0.4, 0.5) is 0 Å². The molecule has 7 atom stereocenters. The average molecular weight is 370 g/mol. The molecule has 1 saturated heterocycles. The molecule has 4 heteroatoms. The van der Waals surface area contributed by atoms with Gasteiger partial charge in [-0.05, 0) is 78.1 Å². The van der Waals surface area contributed by atoms with Gasteiger partial charge in [0, 0.05) is 5.92 Å². The maximum Gasteiger partial charge on any atom is 0.111 e. The van der Waals surface area contributed by atoms with Crippen LogP contribution < -0.4 is 5.32 Å². The number of quaternary nitrogens is 1. The smallest absolute Gasteiger partial charge is 0.111 e. The zero-order chi connectivity index (χ0) is 18.6. The van der Waals surface area contributed by atoms with Crippen molar-refractivity contribution in [1.29, 1.82) is 0 Å². The number of aliphatic hydroxyl groups is 1. The highest BCUT2D eigenvalue weighted by Crippen LogP contribution is 2.55. The molecular formula is C21H36ClNO2. The molecule has 3 N–H and O–H groups in total. The quantitative estimate of drug-likeness (QED) is 0.445. The van der Waals surface area contributed by atoms with Gasteiger partial charge in [0.2, 0.25) is 0 Å². The largest absolute Gasteiger partial charge is 0.474 e. The first-order chi connectivity index (χ1) is 11.5. The van der Waals surface area contributed by atoms with Crippen LogP contribution in [-0.4, -0.2) is 33.3 Å². The van der Waals surface area contributed by atoms with E-state index in [0.717, 1.165) is 38.5 Å². The van der Waals surface area contributed by atoms with Crippen LogP contribution in [0, 0.1) is 24.8 Å². The highest BCUT2D eigenvalue weighted by molar-refractivity contribution is 6.21. The van der Waals surface area contributed by atoms with Crippen molar-refractivity contribution in [3.05, 3.63) is 19.2 Å². The zero-order valence-electron chi connectivity index (χ0n) is 16.4. The summed E-state index contributed by atoms with van der Waals surface area (Å²) in [4.78, 5) is 0. The van der Waals surface area contributed by atoms with Gasteiger partial charge in [-0.2, -0.15) is 7.05 Å². The molecule has 3 aliphatic rings. The first-order valence-electron chi connectivity index (χ1n) is 9.89. The summed E-state index contributed by atoms with van der Waals surface area (Å²) in [6, 6.07) is 0.0885. The van der Waals surface area contributed by atoms with E-state index in [-0.39, 0.29) is 22.6 Å². The fraction of sp³-hybridized carbons (Fsp3) is 0.857. The number of rotatable bonds is 2. The molecule has 0 spiro atoms. The Labute approximate surface area is 158 Å². The van der Waals surface area contributed by atoms with Crippen LogP contribution in [0.25, 0.3) is 0 Å². The molecule has 3 rings (SSSR count). The number of allylic oxidation sites excluding steroid dienone is 1. The highest BCUT2D eigenvalue weighted by atomic mass is 35.5. The second-order valence-corrected chi connectivity index (χ2v) is 10.2. The van der Waals surface area contributed by atoms with Gasteiger partial charge in [-0.15, -0.1) is 11.6 Å². The lowest BCUT2D eigenvalue weighted by Crippen LogP contribution is -2.92. The third-order valence-electron chi connectivity index (χ3n) is 7.51. The molecule has 0 bridgehead atoms. The van der Waals surface area contributed by atoms with Crippen LogP contribution in [0.15, 0.2) is 12.2 Å². The molecule has 0 amide bonds. The van der Waals surface area contributed by atoms with Gasteiger partial charge in [-0.1, -0.05) is 12.2 Å². The number of nitrogens with two attached hydrogens (primary N) is 1. The predicted octanol–water partition coefficient (Wildman–Crippen LogP) is 3.41. The molecule has 1 heterocycles. The SMILES string of the molecule is C=C1CCC(C2(C)CCC(Cl)C(C)(C)O2)C2C1CCC(C)(O)C2[NH2+][CH2-]. The first kappa shape index (κ1) is 19.7. The summed E-state index contributed by atoms with van der Waals surface area (Å²) in [5.41, 5.74) is 0.151. The van der Waals surface area contributed by atoms with Gasteiger partial charge in [-0.3, -0.25) is 0 Å². The van der Waals surface area contributed by atoms with Gasteiger partial charge in [0.05, 0.1) is 22.6 Å². The standard InChI is InChI=1S/C21H36ClNO2/c1-13-7-8-15(21(5)12-10-16(22)19(2,3)25-21)17-14(13)9-11-20(4,24)18(17)23-6/h14-18,24H,1,6-12,23H2,2-5H3. The highest BCUT2D eigenvalue weighted by Gasteiger charge is 2.58. The number of halogens is 1. The van der Waals surface area contributed by atoms with Gasteiger partial charge in [0.15, 0.2) is 0 Å². The van der Waals surface area contributed by atoms with Crippen LogP contribution in [0.5, 0.6) is 0 Å². The third-order valence-corrected chi connectivity index (χ3v) is 8.25. The van der Waals surface area contributed by atoms with Gasteiger partial charge < -0.3 is 15.2 Å². The maximum atomic E-state index is 11.0. The monoisotopic (exact) mass is 369 g/mol. The minimum atomic E-state index is -0.686. The lowest BCUT2D eigenvalue weighted by atomic mass is 9.54. The Morgan fingerprint density at radius 1 is 1.20 bits per heavy atom. The molecular weight excluding hydrogens is 334 g/mol. The molecule has 0 aromatic carbocycles. The van der Waals surface area contributed by atoms with E-state index in [9.17, 15) is 5.11 Å². The van der Waals surface area contributed by atoms with Gasteiger partial charge in [0.25, 0.3) is 0 Å². The number of ether oxygens (including phenoxy) is 1. The van der Waals surface area contributed by atoms with Crippen molar-refractivity contribution >= 4 is 11.6 Å². The fourth-order valence-electron chi connectivity index (χ4n) is 6.06. The molecule has 25 heavy (non-hydrogen) atoms. The van der Waals surface area contributed by atoms with E-state index >= 15 is 0 Å². The van der Waals surface area contributed by atoms with Crippen molar-refractivity contribution in [3.63, 3.8) is 0 Å². The van der Waals surface area contributed by atoms with Crippen LogP contribution in [-0.2, 0) is 4.74 Å². The molecule has 0 aromatic rings. The second-order valence-electron chi connectivity index (χ2n) is 9.67. The molecule has 3 fully saturated rings. The molecule has 2 saturated carbocycles. The van der Waals surface area contributed by atoms with E-state index in [1.54, 1.807) is 0 Å². The second kappa shape index (κ2) is 6.51. The van der Waals surface area contributed by atoms with Crippen molar-refractivity contribution in [2.45, 2.75) is 94.4 Å². The zero-order valence-corrected chi connectivity index (χ0v) is 17.1. The lowest BCUT2D eigenvalue weighted by molar-refractivity contribution is -0.665. The van der Waals surface area contributed by atoms with Crippen molar-refractivity contribution in [2.24, 2.45) is 17.8 Å². The molecule has 144 valence electrons. The van der Waals surface area contributed by atoms with Crippen molar-refractivity contribution in [1.82, 2.24) is 0 Å². The Morgan fingerprint density at radius 2 is 1.88 bits per heavy atom. The van der Waals surface area contributed by atoms with Gasteiger partial charge in [-0.25, -0.2) is 0 Å². The number of hydrogen-bond donors (Lipinski definition) is 2. The third kappa shape index (κ3) is 3.31. The van der Waals surface area contributed by atoms with E-state index in [1.807, 2.05) is 12.2 Å². The molecule has 3 nitrogen and oxygen atoms in total. The molecule has 0 radical (unpaired) electrons. The Hall–Kier alpha value is -0.0900. The van der Waals surface area contributed by atoms with Gasteiger partial charge in [0.1, 0.15) is 5.60 Å². The molecule has 2 aliphatic carbocycles. The first-order valence-corrected chi connectivity index (χ1v) is 10.3. The van der Waals surface area contributed by atoms with E-state index in [4.69, 9.17) is 16.3 Å². The predicted molar refractivity (Wildman–Crippen MR) is 102 cm³/mol. The summed E-state index contributed by atoms with van der Waals surface area (Å²) < 4.78 is 6.68. The van der Waals surface area contributed by atoms with Gasteiger partial charge >= 0.3 is 0 Å². The molecule has 1 aliphatic heterocycles. The normalized spacial score (nSPS) is 50.4. The average Bonchev–Trinajstić information content (AvgIpc) is 2.50. The van der Waals surface area contributed by atoms with E-state index in [0.29, 0.717) is 17.8 Å². The van der Waals surface area contributed by atoms with Crippen LogP contribution in [0.1, 0.15) is 66.2 Å². The molecule has 7 unspecified atom stereocenters.